The smallest absolute Gasteiger partial charge is 0.199 e. The van der Waals surface area contributed by atoms with Gasteiger partial charge in [-0.05, 0) is 45.9 Å². The van der Waals surface area contributed by atoms with Gasteiger partial charge in [0.1, 0.15) is 13.1 Å². The summed E-state index contributed by atoms with van der Waals surface area (Å²) in [7, 11) is 0. The minimum absolute atomic E-state index is 0.0570. The first-order valence-corrected chi connectivity index (χ1v) is 8.98. The Morgan fingerprint density at radius 1 is 1.04 bits per heavy atom. The summed E-state index contributed by atoms with van der Waals surface area (Å²) in [4.78, 5) is 0. The van der Waals surface area contributed by atoms with Gasteiger partial charge in [-0.2, -0.15) is 9.14 Å². The quantitative estimate of drug-likeness (QED) is 0.708. The number of aromatic nitrogens is 1. The van der Waals surface area contributed by atoms with E-state index in [1.54, 1.807) is 0 Å². The molecule has 24 heavy (non-hydrogen) atoms. The van der Waals surface area contributed by atoms with Gasteiger partial charge in [-0.3, -0.25) is 0 Å². The lowest BCUT2D eigenvalue weighted by Crippen LogP contribution is -2.35. The molecular formula is C21H25ClN2+2. The van der Waals surface area contributed by atoms with Crippen LogP contribution in [0.15, 0.2) is 48.7 Å². The molecule has 2 heterocycles. The SMILES string of the molecule is CC[N+]1=C(C=Cc2cccc[n+]2CC)C(C)(C)c2cc(Cl)ccc21. The number of hydrogen-bond donors (Lipinski definition) is 0. The van der Waals surface area contributed by atoms with Crippen molar-refractivity contribution in [1.82, 2.24) is 0 Å². The molecular weight excluding hydrogens is 316 g/mol. The molecule has 1 aliphatic heterocycles. The molecule has 3 heteroatoms. The summed E-state index contributed by atoms with van der Waals surface area (Å²) in [6, 6.07) is 12.5. The number of aryl methyl sites for hydroxylation is 1. The van der Waals surface area contributed by atoms with Gasteiger partial charge in [0.05, 0.1) is 5.41 Å². The summed E-state index contributed by atoms with van der Waals surface area (Å²) < 4.78 is 4.64. The standard InChI is InChI=1S/C21H25ClN2/c1-5-23-14-8-7-9-17(23)11-13-20-21(3,4)18-15-16(22)10-12-19(18)24(20)6-2/h7-15H,5-6H2,1-4H3/q+2. The second-order valence-corrected chi connectivity index (χ2v) is 7.10. The van der Waals surface area contributed by atoms with E-state index in [4.69, 9.17) is 11.6 Å². The summed E-state index contributed by atoms with van der Waals surface area (Å²) in [5.74, 6) is 0. The zero-order valence-electron chi connectivity index (χ0n) is 14.9. The van der Waals surface area contributed by atoms with Crippen molar-refractivity contribution in [1.29, 1.82) is 0 Å². The van der Waals surface area contributed by atoms with E-state index in [1.165, 1.54) is 22.7 Å². The summed E-state index contributed by atoms with van der Waals surface area (Å²) in [6.07, 6.45) is 6.60. The van der Waals surface area contributed by atoms with Crippen molar-refractivity contribution in [3.05, 3.63) is 65.0 Å². The average molecular weight is 341 g/mol. The Balaban J connectivity index is 2.08. The number of hydrogen-bond acceptors (Lipinski definition) is 0. The van der Waals surface area contributed by atoms with E-state index in [9.17, 15) is 0 Å². The molecule has 0 bridgehead atoms. The van der Waals surface area contributed by atoms with Crippen LogP contribution in [-0.4, -0.2) is 16.8 Å². The Hall–Kier alpha value is -1.93. The zero-order valence-corrected chi connectivity index (χ0v) is 15.6. The van der Waals surface area contributed by atoms with Crippen molar-refractivity contribution < 1.29 is 9.14 Å². The molecule has 0 amide bonds. The molecule has 0 fully saturated rings. The number of pyridine rings is 1. The van der Waals surface area contributed by atoms with E-state index < -0.39 is 0 Å². The second-order valence-electron chi connectivity index (χ2n) is 6.66. The van der Waals surface area contributed by atoms with Gasteiger partial charge < -0.3 is 0 Å². The van der Waals surface area contributed by atoms with Gasteiger partial charge in [0.25, 0.3) is 0 Å². The lowest BCUT2D eigenvalue weighted by molar-refractivity contribution is -0.695. The highest BCUT2D eigenvalue weighted by atomic mass is 35.5. The molecule has 0 radical (unpaired) electrons. The molecule has 2 aromatic rings. The first-order chi connectivity index (χ1) is 11.5. The maximum absolute atomic E-state index is 6.25. The van der Waals surface area contributed by atoms with Crippen molar-refractivity contribution in [2.24, 2.45) is 0 Å². The van der Waals surface area contributed by atoms with Crippen LogP contribution in [0, 0.1) is 0 Å². The van der Waals surface area contributed by atoms with Gasteiger partial charge in [0, 0.05) is 40.9 Å². The van der Waals surface area contributed by atoms with Gasteiger partial charge in [-0.1, -0.05) is 11.6 Å². The van der Waals surface area contributed by atoms with Crippen LogP contribution in [-0.2, 0) is 12.0 Å². The maximum Gasteiger partial charge on any atom is 0.209 e. The van der Waals surface area contributed by atoms with Crippen LogP contribution in [0.4, 0.5) is 5.69 Å². The molecule has 1 aliphatic rings. The normalized spacial score (nSPS) is 16.0. The summed E-state index contributed by atoms with van der Waals surface area (Å²) in [5, 5.41) is 0.801. The topological polar surface area (TPSA) is 6.89 Å². The maximum atomic E-state index is 6.25. The third kappa shape index (κ3) is 2.80. The average Bonchev–Trinajstić information content (AvgIpc) is 2.79. The van der Waals surface area contributed by atoms with Crippen LogP contribution < -0.4 is 4.57 Å². The Morgan fingerprint density at radius 3 is 2.54 bits per heavy atom. The van der Waals surface area contributed by atoms with Crippen molar-refractivity contribution in [2.75, 3.05) is 6.54 Å². The zero-order chi connectivity index (χ0) is 17.3. The van der Waals surface area contributed by atoms with Gasteiger partial charge in [-0.15, -0.1) is 0 Å². The highest BCUT2D eigenvalue weighted by Gasteiger charge is 2.43. The Morgan fingerprint density at radius 2 is 1.83 bits per heavy atom. The molecule has 1 aromatic carbocycles. The van der Waals surface area contributed by atoms with Crippen LogP contribution in [0.2, 0.25) is 5.02 Å². The molecule has 0 atom stereocenters. The predicted molar refractivity (Wildman–Crippen MR) is 101 cm³/mol. The fourth-order valence-electron chi connectivity index (χ4n) is 3.58. The van der Waals surface area contributed by atoms with Crippen LogP contribution in [0.25, 0.3) is 6.08 Å². The Bertz CT molecular complexity index is 831. The number of rotatable bonds is 4. The fourth-order valence-corrected chi connectivity index (χ4v) is 3.75. The molecule has 2 nitrogen and oxygen atoms in total. The van der Waals surface area contributed by atoms with Crippen molar-refractivity contribution >= 4 is 29.1 Å². The van der Waals surface area contributed by atoms with E-state index in [0.29, 0.717) is 0 Å². The first-order valence-electron chi connectivity index (χ1n) is 8.60. The third-order valence-corrected chi connectivity index (χ3v) is 5.13. The van der Waals surface area contributed by atoms with E-state index in [0.717, 1.165) is 18.1 Å². The molecule has 0 saturated carbocycles. The van der Waals surface area contributed by atoms with Crippen LogP contribution in [0.5, 0.6) is 0 Å². The lowest BCUT2D eigenvalue weighted by atomic mass is 9.81. The predicted octanol–water partition coefficient (Wildman–Crippen LogP) is 4.76. The van der Waals surface area contributed by atoms with Crippen LogP contribution in [0.1, 0.15) is 39.0 Å². The van der Waals surface area contributed by atoms with E-state index >= 15 is 0 Å². The number of allylic oxidation sites excluding steroid dienone is 1. The van der Waals surface area contributed by atoms with Gasteiger partial charge in [0.15, 0.2) is 11.9 Å². The van der Waals surface area contributed by atoms with Gasteiger partial charge in [-0.25, -0.2) is 0 Å². The van der Waals surface area contributed by atoms with Crippen molar-refractivity contribution in [3.8, 4) is 0 Å². The van der Waals surface area contributed by atoms with E-state index in [2.05, 4.69) is 85.5 Å². The molecule has 0 spiro atoms. The second kappa shape index (κ2) is 6.52. The number of halogens is 1. The van der Waals surface area contributed by atoms with E-state index in [-0.39, 0.29) is 5.41 Å². The summed E-state index contributed by atoms with van der Waals surface area (Å²) in [6.45, 7) is 10.8. The van der Waals surface area contributed by atoms with E-state index in [1.807, 2.05) is 6.07 Å². The summed E-state index contributed by atoms with van der Waals surface area (Å²) >= 11 is 6.25. The fraction of sp³-hybridized carbons (Fsp3) is 0.333. The Labute approximate surface area is 149 Å². The largest absolute Gasteiger partial charge is 0.209 e. The monoisotopic (exact) mass is 340 g/mol. The third-order valence-electron chi connectivity index (χ3n) is 4.90. The lowest BCUT2D eigenvalue weighted by Gasteiger charge is -2.15. The number of nitrogens with zero attached hydrogens (tertiary/aromatic N) is 2. The number of benzene rings is 1. The molecule has 0 unspecified atom stereocenters. The minimum atomic E-state index is -0.0570. The van der Waals surface area contributed by atoms with Crippen molar-refractivity contribution in [2.45, 2.75) is 39.7 Å². The van der Waals surface area contributed by atoms with Crippen LogP contribution >= 0.6 is 11.6 Å². The molecule has 1 aromatic heterocycles. The van der Waals surface area contributed by atoms with Gasteiger partial charge >= 0.3 is 0 Å². The van der Waals surface area contributed by atoms with Crippen molar-refractivity contribution in [3.63, 3.8) is 0 Å². The molecule has 3 rings (SSSR count). The minimum Gasteiger partial charge on any atom is -0.199 e. The highest BCUT2D eigenvalue weighted by molar-refractivity contribution is 6.30. The Kier molecular flexibility index (Phi) is 4.60. The highest BCUT2D eigenvalue weighted by Crippen LogP contribution is 2.41. The first kappa shape index (κ1) is 16.9. The van der Waals surface area contributed by atoms with Gasteiger partial charge in [0.2, 0.25) is 11.4 Å². The molecule has 0 saturated heterocycles. The molecule has 0 N–H and O–H groups in total. The number of fused-ring (bicyclic) bond motifs is 1. The summed E-state index contributed by atoms with van der Waals surface area (Å²) in [5.41, 5.74) is 5.04. The van der Waals surface area contributed by atoms with Crippen LogP contribution in [0.3, 0.4) is 0 Å². The molecule has 124 valence electrons. The molecule has 0 aliphatic carbocycles.